The van der Waals surface area contributed by atoms with E-state index >= 15 is 0 Å². The van der Waals surface area contributed by atoms with Crippen LogP contribution in [0.4, 0.5) is 0 Å². The van der Waals surface area contributed by atoms with Gasteiger partial charge in [-0.1, -0.05) is 12.1 Å². The zero-order valence-electron chi connectivity index (χ0n) is 7.52. The highest BCUT2D eigenvalue weighted by molar-refractivity contribution is 7.90. The fraction of sp³-hybridized carbons (Fsp3) is 0.125. The molecule has 0 atom stereocenters. The lowest BCUT2D eigenvalue weighted by atomic mass is 10.2. The molecule has 5 nitrogen and oxygen atoms in total. The quantitative estimate of drug-likeness (QED) is 0.620. The van der Waals surface area contributed by atoms with E-state index in [2.05, 4.69) is 5.73 Å². The molecule has 76 valence electrons. The second kappa shape index (κ2) is 3.77. The molecule has 1 heterocycles. The molecule has 0 radical (unpaired) electrons. The van der Waals surface area contributed by atoms with Crippen molar-refractivity contribution in [2.75, 3.05) is 7.05 Å². The highest BCUT2D eigenvalue weighted by Gasteiger charge is 2.31. The second-order valence-electron chi connectivity index (χ2n) is 2.43. The van der Waals surface area contributed by atoms with Gasteiger partial charge in [0.25, 0.3) is 15.9 Å². The van der Waals surface area contributed by atoms with Crippen LogP contribution in [0.5, 0.6) is 0 Å². The van der Waals surface area contributed by atoms with Crippen molar-refractivity contribution in [3.05, 3.63) is 29.8 Å². The first-order valence-corrected chi connectivity index (χ1v) is 5.33. The van der Waals surface area contributed by atoms with E-state index in [0.717, 1.165) is 0 Å². The molecule has 6 heteroatoms. The number of sulfonamides is 1. The van der Waals surface area contributed by atoms with Crippen LogP contribution in [0, 0.1) is 0 Å². The summed E-state index contributed by atoms with van der Waals surface area (Å²) in [7, 11) is -2.05. The van der Waals surface area contributed by atoms with Gasteiger partial charge in [0.05, 0.1) is 5.56 Å². The Morgan fingerprint density at radius 3 is 2.36 bits per heavy atom. The third-order valence-corrected chi connectivity index (χ3v) is 3.04. The summed E-state index contributed by atoms with van der Waals surface area (Å²) in [6, 6.07) is 6.09. The average molecular weight is 214 g/mol. The molecule has 0 fully saturated rings. The second-order valence-corrected chi connectivity index (χ2v) is 4.08. The molecule has 14 heavy (non-hydrogen) atoms. The van der Waals surface area contributed by atoms with Crippen LogP contribution in [0.25, 0.3) is 0 Å². The lowest BCUT2D eigenvalue weighted by Crippen LogP contribution is -2.20. The first kappa shape index (κ1) is 10.7. The van der Waals surface area contributed by atoms with Crippen LogP contribution in [0.2, 0.25) is 0 Å². The van der Waals surface area contributed by atoms with Crippen LogP contribution >= 0.6 is 0 Å². The monoisotopic (exact) mass is 214 g/mol. The van der Waals surface area contributed by atoms with Gasteiger partial charge in [-0.15, -0.1) is 0 Å². The van der Waals surface area contributed by atoms with Crippen molar-refractivity contribution in [1.29, 1.82) is 0 Å². The van der Waals surface area contributed by atoms with Crippen LogP contribution in [0.1, 0.15) is 10.4 Å². The molecule has 1 aromatic rings. The van der Waals surface area contributed by atoms with E-state index in [1.807, 2.05) is 4.72 Å². The Morgan fingerprint density at radius 1 is 1.21 bits per heavy atom. The molecule has 1 amide bonds. The number of fused-ring (bicyclic) bond motifs is 1. The molecular formula is C8H10N2O3S. The average Bonchev–Trinajstić information content (AvgIpc) is 2.42. The van der Waals surface area contributed by atoms with Gasteiger partial charge in [0.1, 0.15) is 4.90 Å². The number of carbonyl (C=O) groups is 1. The molecule has 0 spiro atoms. The van der Waals surface area contributed by atoms with E-state index < -0.39 is 15.9 Å². The lowest BCUT2D eigenvalue weighted by Gasteiger charge is -1.91. The minimum Gasteiger partial charge on any atom is -0.333 e. The number of nitrogens with one attached hydrogen (secondary N) is 1. The number of carbonyl (C=O) groups excluding carboxylic acids is 1. The highest BCUT2D eigenvalue weighted by atomic mass is 32.2. The summed E-state index contributed by atoms with van der Waals surface area (Å²) in [5.74, 6) is -0.550. The highest BCUT2D eigenvalue weighted by Crippen LogP contribution is 2.20. The van der Waals surface area contributed by atoms with E-state index in [0.29, 0.717) is 0 Å². The maximum absolute atomic E-state index is 11.1. The van der Waals surface area contributed by atoms with Crippen molar-refractivity contribution >= 4 is 15.9 Å². The maximum Gasteiger partial charge on any atom is 0.266 e. The summed E-state index contributed by atoms with van der Waals surface area (Å²) in [4.78, 5) is 11.1. The van der Waals surface area contributed by atoms with Crippen molar-refractivity contribution in [3.63, 3.8) is 0 Å². The Hall–Kier alpha value is -1.40. The van der Waals surface area contributed by atoms with E-state index in [9.17, 15) is 13.2 Å². The van der Waals surface area contributed by atoms with E-state index in [1.54, 1.807) is 12.1 Å². The molecule has 0 saturated heterocycles. The van der Waals surface area contributed by atoms with Crippen molar-refractivity contribution < 1.29 is 13.2 Å². The summed E-state index contributed by atoms with van der Waals surface area (Å²) in [5.41, 5.74) is 4.72. The number of benzene rings is 1. The normalized spacial score (nSPS) is 16.3. The standard InChI is InChI=1S/C7H5NO3S.CH5N/c9-7-5-3-1-2-4-6(5)12(10,11)8-7;1-2/h1-4H,(H,8,9);2H2,1H3. The fourth-order valence-electron chi connectivity index (χ4n) is 1.12. The third-order valence-electron chi connectivity index (χ3n) is 1.65. The van der Waals surface area contributed by atoms with Crippen LogP contribution in [-0.4, -0.2) is 21.4 Å². The molecular weight excluding hydrogens is 204 g/mol. The Labute approximate surface area is 82.0 Å². The van der Waals surface area contributed by atoms with Crippen molar-refractivity contribution in [1.82, 2.24) is 4.72 Å². The molecule has 0 saturated carbocycles. The Bertz CT molecular complexity index is 453. The lowest BCUT2D eigenvalue weighted by molar-refractivity contribution is 0.0985. The Kier molecular flexibility index (Phi) is 2.87. The maximum atomic E-state index is 11.1. The zero-order chi connectivity index (χ0) is 10.8. The minimum absolute atomic E-state index is 0.0648. The number of hydrogen-bond acceptors (Lipinski definition) is 4. The molecule has 1 aromatic carbocycles. The summed E-state index contributed by atoms with van der Waals surface area (Å²) < 4.78 is 24.2. The minimum atomic E-state index is -3.55. The van der Waals surface area contributed by atoms with Crippen LogP contribution in [0.15, 0.2) is 29.2 Å². The molecule has 3 N–H and O–H groups in total. The predicted molar refractivity (Wildman–Crippen MR) is 51.2 cm³/mol. The van der Waals surface area contributed by atoms with Gasteiger partial charge < -0.3 is 5.73 Å². The summed E-state index contributed by atoms with van der Waals surface area (Å²) in [5, 5.41) is 0. The van der Waals surface area contributed by atoms with E-state index in [1.165, 1.54) is 19.2 Å². The summed E-state index contributed by atoms with van der Waals surface area (Å²) in [6.07, 6.45) is 0. The zero-order valence-corrected chi connectivity index (χ0v) is 8.34. The SMILES string of the molecule is CN.O=C1NS(=O)(=O)c2ccccc21. The van der Waals surface area contributed by atoms with Gasteiger partial charge in [-0.05, 0) is 19.2 Å². The van der Waals surface area contributed by atoms with Gasteiger partial charge >= 0.3 is 0 Å². The van der Waals surface area contributed by atoms with Gasteiger partial charge in [-0.2, -0.15) is 0 Å². The molecule has 0 bridgehead atoms. The van der Waals surface area contributed by atoms with E-state index in [4.69, 9.17) is 0 Å². The van der Waals surface area contributed by atoms with Gasteiger partial charge in [-0.3, -0.25) is 4.79 Å². The predicted octanol–water partition coefficient (Wildman–Crippen LogP) is -0.306. The van der Waals surface area contributed by atoms with Gasteiger partial charge in [0, 0.05) is 0 Å². The number of nitrogens with two attached hydrogens (primary N) is 1. The first-order chi connectivity index (χ1) is 6.61. The topological polar surface area (TPSA) is 89.3 Å². The van der Waals surface area contributed by atoms with Crippen molar-refractivity contribution in [3.8, 4) is 0 Å². The molecule has 0 aromatic heterocycles. The largest absolute Gasteiger partial charge is 0.333 e. The van der Waals surface area contributed by atoms with E-state index in [-0.39, 0.29) is 10.5 Å². The molecule has 0 unspecified atom stereocenters. The number of rotatable bonds is 0. The van der Waals surface area contributed by atoms with Crippen molar-refractivity contribution in [2.24, 2.45) is 5.73 Å². The Morgan fingerprint density at radius 2 is 1.79 bits per heavy atom. The molecule has 2 rings (SSSR count). The first-order valence-electron chi connectivity index (χ1n) is 3.85. The van der Waals surface area contributed by atoms with Crippen LogP contribution < -0.4 is 10.5 Å². The summed E-state index contributed by atoms with van der Waals surface area (Å²) >= 11 is 0. The molecule has 1 aliphatic heterocycles. The fourth-order valence-corrected chi connectivity index (χ4v) is 2.29. The van der Waals surface area contributed by atoms with Crippen LogP contribution in [-0.2, 0) is 10.0 Å². The van der Waals surface area contributed by atoms with Gasteiger partial charge in [0.2, 0.25) is 0 Å². The Balaban J connectivity index is 0.000000461. The summed E-state index contributed by atoms with van der Waals surface area (Å²) in [6.45, 7) is 0. The molecule has 0 aliphatic carbocycles. The molecule has 1 aliphatic rings. The number of hydrogen-bond donors (Lipinski definition) is 2. The number of amides is 1. The third kappa shape index (κ3) is 1.61. The van der Waals surface area contributed by atoms with Gasteiger partial charge in [-0.25, -0.2) is 13.1 Å². The smallest absolute Gasteiger partial charge is 0.266 e. The van der Waals surface area contributed by atoms with Gasteiger partial charge in [0.15, 0.2) is 0 Å². The van der Waals surface area contributed by atoms with Crippen molar-refractivity contribution in [2.45, 2.75) is 4.90 Å². The van der Waals surface area contributed by atoms with Crippen LogP contribution in [0.3, 0.4) is 0 Å².